The van der Waals surface area contributed by atoms with Crippen LogP contribution in [0.2, 0.25) is 0 Å². The smallest absolute Gasteiger partial charge is 0.326 e. The molecule has 0 bridgehead atoms. The van der Waals surface area contributed by atoms with Crippen LogP contribution >= 0.6 is 0 Å². The molecule has 4 amide bonds. The van der Waals surface area contributed by atoms with E-state index in [4.69, 9.17) is 39.5 Å². The largest absolute Gasteiger partial charge is 0.480 e. The van der Waals surface area contributed by atoms with Crippen LogP contribution in [0.4, 0.5) is 0 Å². The Morgan fingerprint density at radius 1 is 0.703 bits per heavy atom. The summed E-state index contributed by atoms with van der Waals surface area (Å²) in [6.07, 6.45) is -0.314. The molecule has 0 aromatic carbocycles. The minimum atomic E-state index is -1.56. The van der Waals surface area contributed by atoms with Crippen molar-refractivity contribution in [1.29, 1.82) is 0 Å². The van der Waals surface area contributed by atoms with Gasteiger partial charge in [0.25, 0.3) is 0 Å². The normalized spacial score (nSPS) is 13.7. The molecular weight excluding hydrogens is 494 g/mol. The van der Waals surface area contributed by atoms with E-state index in [0.717, 1.165) is 0 Å². The van der Waals surface area contributed by atoms with Gasteiger partial charge in [-0.15, -0.1) is 0 Å². The van der Waals surface area contributed by atoms with Crippen molar-refractivity contribution in [3.63, 3.8) is 0 Å². The van der Waals surface area contributed by atoms with Gasteiger partial charge < -0.3 is 60.6 Å². The molecule has 18 nitrogen and oxygen atoms in total. The fraction of sp³-hybridized carbons (Fsp3) is 0.632. The van der Waals surface area contributed by atoms with Gasteiger partial charge in [0.05, 0.1) is 13.0 Å². The summed E-state index contributed by atoms with van der Waals surface area (Å²) in [6.45, 7) is -0.472. The Morgan fingerprint density at radius 2 is 1.14 bits per heavy atom. The molecule has 0 saturated heterocycles. The summed E-state index contributed by atoms with van der Waals surface area (Å²) in [4.78, 5) is 68.4. The Morgan fingerprint density at radius 3 is 1.57 bits per heavy atom. The Hall–Kier alpha value is -4.19. The van der Waals surface area contributed by atoms with Gasteiger partial charge in [0.1, 0.15) is 24.2 Å². The van der Waals surface area contributed by atoms with E-state index in [1.165, 1.54) is 0 Å². The second kappa shape index (κ2) is 17.3. The van der Waals surface area contributed by atoms with Gasteiger partial charge in [0.2, 0.25) is 23.6 Å². The molecule has 0 aliphatic heterocycles. The van der Waals surface area contributed by atoms with Gasteiger partial charge in [-0.1, -0.05) is 0 Å². The van der Waals surface area contributed by atoms with Crippen LogP contribution < -0.4 is 50.4 Å². The number of aliphatic imine (C=N–C) groups is 2. The third-order valence-corrected chi connectivity index (χ3v) is 4.71. The van der Waals surface area contributed by atoms with E-state index in [0.29, 0.717) is 0 Å². The molecule has 17 N–H and O–H groups in total. The Bertz CT molecular complexity index is 857. The summed E-state index contributed by atoms with van der Waals surface area (Å²) in [6, 6.07) is -5.54. The molecule has 0 aliphatic carbocycles. The number of aliphatic carboxylic acids is 1. The van der Waals surface area contributed by atoms with E-state index in [1.807, 2.05) is 0 Å². The van der Waals surface area contributed by atoms with Crippen molar-refractivity contribution in [2.24, 2.45) is 44.4 Å². The lowest BCUT2D eigenvalue weighted by atomic mass is 10.1. The van der Waals surface area contributed by atoms with Gasteiger partial charge in [-0.2, -0.15) is 0 Å². The highest BCUT2D eigenvalue weighted by Crippen LogP contribution is 2.04. The zero-order valence-electron chi connectivity index (χ0n) is 20.3. The van der Waals surface area contributed by atoms with Gasteiger partial charge in [-0.3, -0.25) is 29.2 Å². The summed E-state index contributed by atoms with van der Waals surface area (Å²) in [7, 11) is 0. The number of nitrogens with zero attached hydrogens (tertiary/aromatic N) is 2. The summed E-state index contributed by atoms with van der Waals surface area (Å²) >= 11 is 0. The average molecular weight is 532 g/mol. The molecule has 37 heavy (non-hydrogen) atoms. The van der Waals surface area contributed by atoms with Crippen LogP contribution in [-0.4, -0.2) is 95.6 Å². The third-order valence-electron chi connectivity index (χ3n) is 4.71. The molecule has 4 unspecified atom stereocenters. The second-order valence-electron chi connectivity index (χ2n) is 7.88. The van der Waals surface area contributed by atoms with E-state index in [9.17, 15) is 29.1 Å². The van der Waals surface area contributed by atoms with Gasteiger partial charge in [0.15, 0.2) is 11.9 Å². The first-order chi connectivity index (χ1) is 17.3. The third kappa shape index (κ3) is 14.7. The summed E-state index contributed by atoms with van der Waals surface area (Å²) in [5.74, 6) is -5.45. The number of guanidine groups is 2. The molecule has 210 valence electrons. The number of hydrogen-bond donors (Lipinski definition) is 11. The molecule has 4 atom stereocenters. The number of aliphatic hydroxyl groups excluding tert-OH is 1. The van der Waals surface area contributed by atoms with Crippen LogP contribution in [0.1, 0.15) is 32.1 Å². The van der Waals surface area contributed by atoms with Crippen LogP contribution in [0.25, 0.3) is 0 Å². The lowest BCUT2D eigenvalue weighted by Gasteiger charge is -2.24. The number of carbonyl (C=O) groups excluding carboxylic acids is 4. The topological polar surface area (TPSA) is 343 Å². The number of carboxylic acid groups (broad SMARTS) is 1. The lowest BCUT2D eigenvalue weighted by Crippen LogP contribution is -2.58. The van der Waals surface area contributed by atoms with Crippen LogP contribution in [0, 0.1) is 0 Å². The van der Waals surface area contributed by atoms with Crippen molar-refractivity contribution >= 4 is 41.5 Å². The Labute approximate surface area is 212 Å². The molecule has 0 aromatic rings. The minimum Gasteiger partial charge on any atom is -0.480 e. The van der Waals surface area contributed by atoms with E-state index in [2.05, 4.69) is 25.9 Å². The van der Waals surface area contributed by atoms with Crippen LogP contribution in [0.5, 0.6) is 0 Å². The van der Waals surface area contributed by atoms with Gasteiger partial charge in [0, 0.05) is 13.1 Å². The van der Waals surface area contributed by atoms with E-state index >= 15 is 0 Å². The molecule has 0 aliphatic rings. The zero-order valence-corrected chi connectivity index (χ0v) is 20.3. The number of nitrogens with one attached hydrogen (secondary N) is 3. The van der Waals surface area contributed by atoms with Crippen molar-refractivity contribution in [2.75, 3.05) is 19.7 Å². The van der Waals surface area contributed by atoms with Crippen molar-refractivity contribution in [2.45, 2.75) is 56.3 Å². The fourth-order valence-corrected chi connectivity index (χ4v) is 2.85. The van der Waals surface area contributed by atoms with Gasteiger partial charge in [-0.25, -0.2) is 4.79 Å². The number of aliphatic hydroxyl groups is 1. The number of rotatable bonds is 18. The number of hydrogen-bond acceptors (Lipinski definition) is 9. The van der Waals surface area contributed by atoms with Gasteiger partial charge in [-0.05, 0) is 25.7 Å². The number of carboxylic acids is 1. The summed E-state index contributed by atoms with van der Waals surface area (Å²) < 4.78 is 0. The standard InChI is InChI=1S/C19H37N11O7/c20-9(8-31)14(33)28-10(3-1-5-26-18(22)23)15(34)30-12(7-13(21)32)16(35)29-11(17(36)37)4-2-6-27-19(24)25/h9-12,31H,1-8,20H2,(H2,21,32)(H,28,33)(H,29,35)(H,30,34)(H,36,37)(H4,22,23,26)(H4,24,25,27). The molecule has 0 rings (SSSR count). The molecule has 0 spiro atoms. The van der Waals surface area contributed by atoms with Crippen molar-refractivity contribution in [3.8, 4) is 0 Å². The quantitative estimate of drug-likeness (QED) is 0.0447. The molecule has 0 saturated carbocycles. The highest BCUT2D eigenvalue weighted by Gasteiger charge is 2.31. The second-order valence-corrected chi connectivity index (χ2v) is 7.88. The van der Waals surface area contributed by atoms with E-state index in [1.54, 1.807) is 0 Å². The van der Waals surface area contributed by atoms with Gasteiger partial charge >= 0.3 is 5.97 Å². The van der Waals surface area contributed by atoms with Crippen molar-refractivity contribution < 1.29 is 34.2 Å². The molecule has 0 radical (unpaired) electrons. The number of carbonyl (C=O) groups is 5. The number of amides is 4. The highest BCUT2D eigenvalue weighted by atomic mass is 16.4. The predicted molar refractivity (Wildman–Crippen MR) is 132 cm³/mol. The van der Waals surface area contributed by atoms with Crippen molar-refractivity contribution in [1.82, 2.24) is 16.0 Å². The first kappa shape index (κ1) is 32.8. The minimum absolute atomic E-state index is 0.0139. The maximum atomic E-state index is 12.9. The Balaban J connectivity index is 5.53. The zero-order chi connectivity index (χ0) is 28.5. The molecular formula is C19H37N11O7. The predicted octanol–water partition coefficient (Wildman–Crippen LogP) is -6.17. The van der Waals surface area contributed by atoms with Crippen molar-refractivity contribution in [3.05, 3.63) is 0 Å². The molecule has 18 heteroatoms. The molecule has 0 aromatic heterocycles. The van der Waals surface area contributed by atoms with E-state index < -0.39 is 66.8 Å². The molecule has 0 heterocycles. The van der Waals surface area contributed by atoms with Crippen LogP contribution in [0.3, 0.4) is 0 Å². The van der Waals surface area contributed by atoms with E-state index in [-0.39, 0.29) is 50.7 Å². The first-order valence-electron chi connectivity index (χ1n) is 11.2. The highest BCUT2D eigenvalue weighted by molar-refractivity contribution is 5.96. The maximum Gasteiger partial charge on any atom is 0.326 e. The first-order valence-corrected chi connectivity index (χ1v) is 11.2. The maximum absolute atomic E-state index is 12.9. The fourth-order valence-electron chi connectivity index (χ4n) is 2.85. The summed E-state index contributed by atoms with van der Waals surface area (Å²) in [5, 5.41) is 25.3. The van der Waals surface area contributed by atoms with Crippen LogP contribution in [0.15, 0.2) is 9.98 Å². The SMILES string of the molecule is NC(=O)CC(NC(=O)C(CCCN=C(N)N)NC(=O)C(N)CO)C(=O)NC(CCCN=C(N)N)C(=O)O. The Kier molecular flexibility index (Phi) is 15.3. The average Bonchev–Trinajstić information content (AvgIpc) is 2.80. The number of nitrogens with two attached hydrogens (primary N) is 6. The molecule has 0 fully saturated rings. The van der Waals surface area contributed by atoms with Crippen LogP contribution in [-0.2, 0) is 24.0 Å². The number of primary amides is 1. The summed E-state index contributed by atoms with van der Waals surface area (Å²) in [5.41, 5.74) is 31.6. The monoisotopic (exact) mass is 531 g/mol. The lowest BCUT2D eigenvalue weighted by molar-refractivity contribution is -0.142.